The molecule has 0 unspecified atom stereocenters. The van der Waals surface area contributed by atoms with E-state index in [-0.39, 0.29) is 22.5 Å². The number of hydrogen-bond donors (Lipinski definition) is 1. The van der Waals surface area contributed by atoms with Crippen LogP contribution in [-0.4, -0.2) is 43.5 Å². The van der Waals surface area contributed by atoms with Crippen molar-refractivity contribution in [3.8, 4) is 5.75 Å². The third-order valence-corrected chi connectivity index (χ3v) is 7.48. The van der Waals surface area contributed by atoms with Gasteiger partial charge in [-0.25, -0.2) is 8.42 Å². The van der Waals surface area contributed by atoms with Gasteiger partial charge in [-0.2, -0.15) is 16.9 Å². The number of carbonyl (C=O) groups is 1. The Hall–Kier alpha value is -2.35. The van der Waals surface area contributed by atoms with Crippen molar-refractivity contribution in [3.05, 3.63) is 72.3 Å². The molecule has 0 saturated carbocycles. The number of ether oxygens (including phenoxy) is 1. The van der Waals surface area contributed by atoms with Crippen LogP contribution in [0.1, 0.15) is 16.8 Å². The van der Waals surface area contributed by atoms with E-state index in [2.05, 4.69) is 12.6 Å². The summed E-state index contributed by atoms with van der Waals surface area (Å²) >= 11 is 4.47. The summed E-state index contributed by atoms with van der Waals surface area (Å²) < 4.78 is 33.2. The van der Waals surface area contributed by atoms with Crippen LogP contribution in [0.5, 0.6) is 5.75 Å². The number of methoxy groups -OCH3 is 1. The first kappa shape index (κ1) is 19.9. The van der Waals surface area contributed by atoms with E-state index >= 15 is 0 Å². The molecule has 0 radical (unpaired) electrons. The molecule has 3 aromatic carbocycles. The lowest BCUT2D eigenvalue weighted by Gasteiger charge is -2.23. The number of benzene rings is 3. The van der Waals surface area contributed by atoms with Gasteiger partial charge in [0.15, 0.2) is 5.78 Å². The van der Waals surface area contributed by atoms with E-state index in [9.17, 15) is 13.2 Å². The first-order valence-electron chi connectivity index (χ1n) is 9.27. The minimum atomic E-state index is -3.84. The topological polar surface area (TPSA) is 63.7 Å². The second-order valence-corrected chi connectivity index (χ2v) is 9.70. The van der Waals surface area contributed by atoms with E-state index in [0.29, 0.717) is 17.7 Å². The molecule has 0 amide bonds. The number of ketones is 1. The Bertz CT molecular complexity index is 1160. The Labute approximate surface area is 175 Å². The van der Waals surface area contributed by atoms with E-state index < -0.39 is 16.1 Å². The quantitative estimate of drug-likeness (QED) is 0.497. The molecule has 0 spiro atoms. The first-order valence-corrected chi connectivity index (χ1v) is 11.2. The minimum absolute atomic E-state index is 0.186. The van der Waals surface area contributed by atoms with Crippen molar-refractivity contribution in [2.75, 3.05) is 13.7 Å². The van der Waals surface area contributed by atoms with Crippen molar-refractivity contribution in [2.24, 2.45) is 0 Å². The predicted molar refractivity (Wildman–Crippen MR) is 116 cm³/mol. The Morgan fingerprint density at radius 3 is 2.41 bits per heavy atom. The van der Waals surface area contributed by atoms with Gasteiger partial charge in [0.2, 0.25) is 10.0 Å². The molecule has 7 heteroatoms. The molecular weight excluding hydrogens is 406 g/mol. The maximum atomic E-state index is 13.4. The average molecular weight is 428 g/mol. The fourth-order valence-electron chi connectivity index (χ4n) is 3.70. The van der Waals surface area contributed by atoms with E-state index in [1.54, 1.807) is 49.6 Å². The summed E-state index contributed by atoms with van der Waals surface area (Å²) in [4.78, 5) is 13.3. The van der Waals surface area contributed by atoms with Crippen LogP contribution in [0.15, 0.2) is 71.6 Å². The van der Waals surface area contributed by atoms with Crippen molar-refractivity contribution in [2.45, 2.75) is 22.6 Å². The van der Waals surface area contributed by atoms with Crippen LogP contribution in [0.4, 0.5) is 0 Å². The van der Waals surface area contributed by atoms with Gasteiger partial charge in [-0.1, -0.05) is 30.3 Å². The molecule has 1 saturated heterocycles. The van der Waals surface area contributed by atoms with E-state index in [4.69, 9.17) is 4.74 Å². The first-order chi connectivity index (χ1) is 13.9. The zero-order valence-electron chi connectivity index (χ0n) is 15.9. The standard InChI is InChI=1S/C22H21NO4S2/c1-27-18-9-6-16(7-10-18)22(24)21-13-19(28)14-23(21)29(25,26)20-11-8-15-4-2-3-5-17(15)12-20/h2-12,19,21,28H,13-14H2,1H3/t19-,21+/m1/s1. The predicted octanol–water partition coefficient (Wildman–Crippen LogP) is 3.79. The van der Waals surface area contributed by atoms with Gasteiger partial charge in [0.1, 0.15) is 5.75 Å². The molecule has 3 aromatic rings. The van der Waals surface area contributed by atoms with Gasteiger partial charge in [0, 0.05) is 17.4 Å². The Morgan fingerprint density at radius 1 is 1.03 bits per heavy atom. The fourth-order valence-corrected chi connectivity index (χ4v) is 5.86. The molecule has 5 nitrogen and oxygen atoms in total. The lowest BCUT2D eigenvalue weighted by molar-refractivity contribution is 0.0918. The molecular formula is C22H21NO4S2. The van der Waals surface area contributed by atoms with Crippen LogP contribution < -0.4 is 4.74 Å². The molecule has 29 heavy (non-hydrogen) atoms. The molecule has 0 aromatic heterocycles. The molecule has 150 valence electrons. The SMILES string of the molecule is COc1ccc(C(=O)[C@@H]2C[C@@H](S)CN2S(=O)(=O)c2ccc3ccccc3c2)cc1. The maximum absolute atomic E-state index is 13.4. The van der Waals surface area contributed by atoms with Crippen LogP contribution in [0, 0.1) is 0 Å². The van der Waals surface area contributed by atoms with Crippen LogP contribution in [0.3, 0.4) is 0 Å². The zero-order valence-corrected chi connectivity index (χ0v) is 17.6. The number of hydrogen-bond acceptors (Lipinski definition) is 5. The summed E-state index contributed by atoms with van der Waals surface area (Å²) in [7, 11) is -2.29. The smallest absolute Gasteiger partial charge is 0.243 e. The molecule has 1 fully saturated rings. The highest BCUT2D eigenvalue weighted by Gasteiger charge is 2.43. The summed E-state index contributed by atoms with van der Waals surface area (Å²) in [5.41, 5.74) is 0.456. The number of nitrogens with zero attached hydrogens (tertiary/aromatic N) is 1. The molecule has 1 aliphatic rings. The van der Waals surface area contributed by atoms with Crippen molar-refractivity contribution >= 4 is 39.2 Å². The fraction of sp³-hybridized carbons (Fsp3) is 0.227. The summed E-state index contributed by atoms with van der Waals surface area (Å²) in [6.07, 6.45) is 0.376. The number of sulfonamides is 1. The molecule has 1 aliphatic heterocycles. The van der Waals surface area contributed by atoms with Crippen molar-refractivity contribution < 1.29 is 17.9 Å². The zero-order chi connectivity index (χ0) is 20.6. The highest BCUT2D eigenvalue weighted by atomic mass is 32.2. The van der Waals surface area contributed by atoms with Crippen molar-refractivity contribution in [1.82, 2.24) is 4.31 Å². The second-order valence-electron chi connectivity index (χ2n) is 7.08. The largest absolute Gasteiger partial charge is 0.497 e. The molecule has 0 bridgehead atoms. The summed E-state index contributed by atoms with van der Waals surface area (Å²) in [5, 5.41) is 1.61. The van der Waals surface area contributed by atoms with E-state index in [0.717, 1.165) is 10.8 Å². The molecule has 0 aliphatic carbocycles. The van der Waals surface area contributed by atoms with Crippen LogP contribution in [-0.2, 0) is 10.0 Å². The van der Waals surface area contributed by atoms with Gasteiger partial charge in [0.05, 0.1) is 18.0 Å². The number of Topliss-reactive ketones (excluding diaryl/α,β-unsaturated/α-hetero) is 1. The lowest BCUT2D eigenvalue weighted by atomic mass is 10.0. The van der Waals surface area contributed by atoms with Crippen LogP contribution in [0.25, 0.3) is 10.8 Å². The van der Waals surface area contributed by atoms with Gasteiger partial charge in [0.25, 0.3) is 0 Å². The number of thiol groups is 1. The summed E-state index contributed by atoms with van der Waals surface area (Å²) in [6.45, 7) is 0.199. The van der Waals surface area contributed by atoms with E-state index in [1.807, 2.05) is 24.3 Å². The summed E-state index contributed by atoms with van der Waals surface area (Å²) in [6, 6.07) is 18.6. The average Bonchev–Trinajstić information content (AvgIpc) is 3.15. The van der Waals surface area contributed by atoms with E-state index in [1.165, 1.54) is 4.31 Å². The number of fused-ring (bicyclic) bond motifs is 1. The molecule has 1 heterocycles. The Balaban J connectivity index is 1.69. The van der Waals surface area contributed by atoms with Crippen molar-refractivity contribution in [1.29, 1.82) is 0 Å². The van der Waals surface area contributed by atoms with Gasteiger partial charge in [-0.15, -0.1) is 0 Å². The highest BCUT2D eigenvalue weighted by Crippen LogP contribution is 2.32. The Morgan fingerprint density at radius 2 is 1.72 bits per heavy atom. The number of rotatable bonds is 5. The molecule has 0 N–H and O–H groups in total. The third-order valence-electron chi connectivity index (χ3n) is 5.24. The van der Waals surface area contributed by atoms with Gasteiger partial charge >= 0.3 is 0 Å². The normalized spacial score (nSPS) is 20.1. The second kappa shape index (κ2) is 7.82. The highest BCUT2D eigenvalue weighted by molar-refractivity contribution is 7.89. The Kier molecular flexibility index (Phi) is 5.38. The molecule has 2 atom stereocenters. The van der Waals surface area contributed by atoms with Gasteiger partial charge in [-0.05, 0) is 53.6 Å². The summed E-state index contributed by atoms with van der Waals surface area (Å²) in [5.74, 6) is 0.411. The maximum Gasteiger partial charge on any atom is 0.243 e. The van der Waals surface area contributed by atoms with Crippen LogP contribution in [0.2, 0.25) is 0 Å². The third kappa shape index (κ3) is 3.77. The lowest BCUT2D eigenvalue weighted by Crippen LogP contribution is -2.40. The minimum Gasteiger partial charge on any atom is -0.497 e. The number of carbonyl (C=O) groups excluding carboxylic acids is 1. The van der Waals surface area contributed by atoms with Gasteiger partial charge < -0.3 is 4.74 Å². The molecule has 4 rings (SSSR count). The van der Waals surface area contributed by atoms with Gasteiger partial charge in [-0.3, -0.25) is 4.79 Å². The monoisotopic (exact) mass is 427 g/mol. The van der Waals surface area contributed by atoms with Crippen LogP contribution >= 0.6 is 12.6 Å². The van der Waals surface area contributed by atoms with Crippen molar-refractivity contribution in [3.63, 3.8) is 0 Å².